The lowest BCUT2D eigenvalue weighted by atomic mass is 9.92. The summed E-state index contributed by atoms with van der Waals surface area (Å²) < 4.78 is 0. The summed E-state index contributed by atoms with van der Waals surface area (Å²) in [6, 6.07) is 5.31. The van der Waals surface area contributed by atoms with Crippen LogP contribution in [0.15, 0.2) is 18.2 Å². The molecule has 2 fully saturated rings. The van der Waals surface area contributed by atoms with Crippen molar-refractivity contribution in [3.63, 3.8) is 0 Å². The minimum Gasteiger partial charge on any atom is -0.478 e. The van der Waals surface area contributed by atoms with Gasteiger partial charge in [-0.1, -0.05) is 6.07 Å². The van der Waals surface area contributed by atoms with Crippen LogP contribution in [0.25, 0.3) is 0 Å². The van der Waals surface area contributed by atoms with Crippen molar-refractivity contribution < 1.29 is 19.5 Å². The van der Waals surface area contributed by atoms with E-state index >= 15 is 0 Å². The fourth-order valence-electron chi connectivity index (χ4n) is 4.56. The molecule has 2 saturated heterocycles. The number of piperidine rings is 1. The molecule has 0 saturated carbocycles. The quantitative estimate of drug-likeness (QED) is 0.846. The fraction of sp³-hybridized carbons (Fsp3) is 0.571. The van der Waals surface area contributed by atoms with Crippen molar-refractivity contribution in [2.45, 2.75) is 38.6 Å². The average molecular weight is 385 g/mol. The maximum atomic E-state index is 13.0. The molecule has 0 aromatic heterocycles. The van der Waals surface area contributed by atoms with Gasteiger partial charge in [0.15, 0.2) is 0 Å². The summed E-state index contributed by atoms with van der Waals surface area (Å²) in [4.78, 5) is 42.4. The zero-order valence-corrected chi connectivity index (χ0v) is 16.1. The minimum atomic E-state index is -0.943. The van der Waals surface area contributed by atoms with Crippen LogP contribution in [0.5, 0.6) is 0 Å². The topological polar surface area (TPSA) is 81.2 Å². The lowest BCUT2D eigenvalue weighted by Crippen LogP contribution is -2.48. The fourth-order valence-corrected chi connectivity index (χ4v) is 4.56. The molecule has 0 radical (unpaired) electrons. The molecule has 1 aromatic carbocycles. The van der Waals surface area contributed by atoms with Crippen molar-refractivity contribution in [2.24, 2.45) is 5.92 Å². The Kier molecular flexibility index (Phi) is 5.24. The highest BCUT2D eigenvalue weighted by Crippen LogP contribution is 2.26. The number of carbonyl (C=O) groups is 3. The SMILES string of the molecule is O=C(O)c1ccc2c(c1)CN(C(=O)C1CCN(C(=O)N3CCCC3)CC1)CC2. The molecule has 3 amide bonds. The van der Waals surface area contributed by atoms with Gasteiger partial charge in [-0.25, -0.2) is 9.59 Å². The molecule has 7 nitrogen and oxygen atoms in total. The average Bonchev–Trinajstić information content (AvgIpc) is 3.27. The van der Waals surface area contributed by atoms with Crippen LogP contribution in [0.2, 0.25) is 0 Å². The van der Waals surface area contributed by atoms with Crippen LogP contribution in [0.3, 0.4) is 0 Å². The Labute approximate surface area is 164 Å². The predicted octanol–water partition coefficient (Wildman–Crippen LogP) is 2.20. The number of likely N-dealkylation sites (tertiary alicyclic amines) is 2. The second-order valence-electron chi connectivity index (χ2n) is 8.04. The molecule has 4 rings (SSSR count). The van der Waals surface area contributed by atoms with E-state index in [1.165, 1.54) is 0 Å². The molecular weight excluding hydrogens is 358 g/mol. The number of rotatable bonds is 2. The van der Waals surface area contributed by atoms with E-state index in [1.807, 2.05) is 20.8 Å². The molecule has 1 aromatic rings. The first-order valence-electron chi connectivity index (χ1n) is 10.2. The van der Waals surface area contributed by atoms with Gasteiger partial charge < -0.3 is 19.8 Å². The molecule has 3 aliphatic heterocycles. The molecule has 7 heteroatoms. The summed E-state index contributed by atoms with van der Waals surface area (Å²) in [5.41, 5.74) is 2.32. The van der Waals surface area contributed by atoms with E-state index in [0.29, 0.717) is 39.0 Å². The summed E-state index contributed by atoms with van der Waals surface area (Å²) in [5.74, 6) is -0.854. The zero-order chi connectivity index (χ0) is 19.7. The van der Waals surface area contributed by atoms with Gasteiger partial charge in [0.05, 0.1) is 5.56 Å². The Morgan fingerprint density at radius 2 is 1.54 bits per heavy atom. The van der Waals surface area contributed by atoms with Crippen LogP contribution >= 0.6 is 0 Å². The number of hydrogen-bond acceptors (Lipinski definition) is 3. The molecule has 3 heterocycles. The Balaban J connectivity index is 1.35. The van der Waals surface area contributed by atoms with E-state index in [2.05, 4.69) is 0 Å². The van der Waals surface area contributed by atoms with Crippen molar-refractivity contribution in [3.05, 3.63) is 34.9 Å². The van der Waals surface area contributed by atoms with Crippen LogP contribution in [0.1, 0.15) is 47.2 Å². The van der Waals surface area contributed by atoms with Gasteiger partial charge in [-0.05, 0) is 55.4 Å². The highest BCUT2D eigenvalue weighted by molar-refractivity contribution is 5.88. The lowest BCUT2D eigenvalue weighted by Gasteiger charge is -2.37. The molecule has 28 heavy (non-hydrogen) atoms. The number of fused-ring (bicyclic) bond motifs is 1. The third-order valence-electron chi connectivity index (χ3n) is 6.27. The Bertz CT molecular complexity index is 780. The number of nitrogens with zero attached hydrogens (tertiary/aromatic N) is 3. The van der Waals surface area contributed by atoms with Crippen molar-refractivity contribution >= 4 is 17.9 Å². The Hall–Kier alpha value is -2.57. The van der Waals surface area contributed by atoms with Crippen molar-refractivity contribution in [3.8, 4) is 0 Å². The van der Waals surface area contributed by atoms with Gasteiger partial charge in [-0.2, -0.15) is 0 Å². The summed E-state index contributed by atoms with van der Waals surface area (Å²) in [5, 5.41) is 9.20. The largest absolute Gasteiger partial charge is 0.478 e. The molecule has 0 atom stereocenters. The van der Waals surface area contributed by atoms with Crippen molar-refractivity contribution in [1.82, 2.24) is 14.7 Å². The van der Waals surface area contributed by atoms with Crippen molar-refractivity contribution in [1.29, 1.82) is 0 Å². The van der Waals surface area contributed by atoms with Gasteiger partial charge in [0.25, 0.3) is 0 Å². The van der Waals surface area contributed by atoms with E-state index in [4.69, 9.17) is 0 Å². The number of hydrogen-bond donors (Lipinski definition) is 1. The Morgan fingerprint density at radius 1 is 0.857 bits per heavy atom. The van der Waals surface area contributed by atoms with Crippen molar-refractivity contribution in [2.75, 3.05) is 32.7 Å². The first-order chi connectivity index (χ1) is 13.5. The number of urea groups is 1. The van der Waals surface area contributed by atoms with Crippen LogP contribution < -0.4 is 0 Å². The second kappa shape index (κ2) is 7.81. The van der Waals surface area contributed by atoms with Crippen LogP contribution in [0, 0.1) is 5.92 Å². The smallest absolute Gasteiger partial charge is 0.335 e. The normalized spacial score (nSPS) is 20.2. The number of carbonyl (C=O) groups excluding carboxylic acids is 2. The minimum absolute atomic E-state index is 0.0492. The number of benzene rings is 1. The van der Waals surface area contributed by atoms with Gasteiger partial charge in [-0.3, -0.25) is 4.79 Å². The molecular formula is C21H27N3O4. The van der Waals surface area contributed by atoms with Crippen LogP contribution in [0.4, 0.5) is 4.79 Å². The summed E-state index contributed by atoms with van der Waals surface area (Å²) in [7, 11) is 0. The maximum absolute atomic E-state index is 13.0. The number of amides is 3. The van der Waals surface area contributed by atoms with E-state index in [1.54, 1.807) is 12.1 Å². The molecule has 0 aliphatic carbocycles. The molecule has 0 bridgehead atoms. The first kappa shape index (κ1) is 18.8. The third-order valence-corrected chi connectivity index (χ3v) is 6.27. The Morgan fingerprint density at radius 3 is 2.21 bits per heavy atom. The van der Waals surface area contributed by atoms with Crippen LogP contribution in [-0.2, 0) is 17.8 Å². The van der Waals surface area contributed by atoms with Gasteiger partial charge in [0, 0.05) is 45.2 Å². The third kappa shape index (κ3) is 3.70. The summed E-state index contributed by atoms with van der Waals surface area (Å²) in [6.07, 6.45) is 4.34. The number of aromatic carboxylic acids is 1. The maximum Gasteiger partial charge on any atom is 0.335 e. The highest BCUT2D eigenvalue weighted by Gasteiger charge is 2.33. The summed E-state index contributed by atoms with van der Waals surface area (Å²) in [6.45, 7) is 4.12. The van der Waals surface area contributed by atoms with Gasteiger partial charge in [-0.15, -0.1) is 0 Å². The standard InChI is InChI=1S/C21H27N3O4/c25-19(16-6-10-23(11-7-16)21(28)22-8-1-2-9-22)24-12-5-15-3-4-17(20(26)27)13-18(15)14-24/h3-4,13,16H,1-2,5-12,14H2,(H,26,27). The molecule has 1 N–H and O–H groups in total. The molecule has 150 valence electrons. The predicted molar refractivity (Wildman–Crippen MR) is 103 cm³/mol. The molecule has 0 spiro atoms. The van der Waals surface area contributed by atoms with E-state index < -0.39 is 5.97 Å². The zero-order valence-electron chi connectivity index (χ0n) is 16.1. The highest BCUT2D eigenvalue weighted by atomic mass is 16.4. The van der Waals surface area contributed by atoms with Gasteiger partial charge in [0.1, 0.15) is 0 Å². The second-order valence-corrected chi connectivity index (χ2v) is 8.04. The van der Waals surface area contributed by atoms with Gasteiger partial charge >= 0.3 is 12.0 Å². The first-order valence-corrected chi connectivity index (χ1v) is 10.2. The lowest BCUT2D eigenvalue weighted by molar-refractivity contribution is -0.137. The van der Waals surface area contributed by atoms with E-state index in [0.717, 1.165) is 43.5 Å². The van der Waals surface area contributed by atoms with E-state index in [9.17, 15) is 19.5 Å². The number of carboxylic acids is 1. The van der Waals surface area contributed by atoms with Gasteiger partial charge in [0.2, 0.25) is 5.91 Å². The molecule has 0 unspecified atom stereocenters. The van der Waals surface area contributed by atoms with E-state index in [-0.39, 0.29) is 23.4 Å². The summed E-state index contributed by atoms with van der Waals surface area (Å²) >= 11 is 0. The number of carboxylic acid groups (broad SMARTS) is 1. The monoisotopic (exact) mass is 385 g/mol. The van der Waals surface area contributed by atoms with Crippen LogP contribution in [-0.4, -0.2) is 70.4 Å². The molecule has 3 aliphatic rings.